The number of ketones is 1. The Labute approximate surface area is 90.1 Å². The first-order chi connectivity index (χ1) is 6.52. The van der Waals surface area contributed by atoms with E-state index in [9.17, 15) is 4.79 Å². The third kappa shape index (κ3) is 2.58. The number of Topliss-reactive ketones (excluding diaryl/α,β-unsaturated/α-hetero) is 1. The maximum Gasteiger partial charge on any atom is 0.163 e. The Morgan fingerprint density at radius 3 is 2.64 bits per heavy atom. The van der Waals surface area contributed by atoms with Gasteiger partial charge in [0.15, 0.2) is 5.78 Å². The molecule has 0 radical (unpaired) electrons. The van der Waals surface area contributed by atoms with E-state index in [0.717, 1.165) is 11.1 Å². The first kappa shape index (κ1) is 11.3. The van der Waals surface area contributed by atoms with Crippen LogP contribution in [0.1, 0.15) is 36.2 Å². The predicted molar refractivity (Wildman–Crippen MR) is 60.0 cm³/mol. The molecule has 1 aromatic rings. The van der Waals surface area contributed by atoms with E-state index in [2.05, 4.69) is 0 Å². The fraction of sp³-hybridized carbons (Fsp3) is 0.417. The van der Waals surface area contributed by atoms with Crippen LogP contribution in [0.15, 0.2) is 18.2 Å². The molecule has 0 N–H and O–H groups in total. The Kier molecular flexibility index (Phi) is 3.70. The Hall–Kier alpha value is -0.820. The molecule has 0 bridgehead atoms. The second-order valence-electron chi connectivity index (χ2n) is 3.93. The number of carbonyl (C=O) groups excluding carboxylic acids is 1. The zero-order chi connectivity index (χ0) is 10.7. The highest BCUT2D eigenvalue weighted by Gasteiger charge is 2.11. The van der Waals surface area contributed by atoms with Crippen molar-refractivity contribution in [3.05, 3.63) is 34.3 Å². The summed E-state index contributed by atoms with van der Waals surface area (Å²) >= 11 is 5.94. The number of benzene rings is 1. The number of hydrogen-bond acceptors (Lipinski definition) is 1. The van der Waals surface area contributed by atoms with Gasteiger partial charge in [0.05, 0.1) is 0 Å². The van der Waals surface area contributed by atoms with E-state index >= 15 is 0 Å². The van der Waals surface area contributed by atoms with Crippen molar-refractivity contribution in [2.24, 2.45) is 5.92 Å². The van der Waals surface area contributed by atoms with Crippen LogP contribution >= 0.6 is 11.6 Å². The van der Waals surface area contributed by atoms with Crippen LogP contribution in [0.2, 0.25) is 5.02 Å². The van der Waals surface area contributed by atoms with E-state index in [4.69, 9.17) is 11.6 Å². The number of halogens is 1. The van der Waals surface area contributed by atoms with Gasteiger partial charge in [0.25, 0.3) is 0 Å². The number of hydrogen-bond donors (Lipinski definition) is 0. The average Bonchev–Trinajstić information content (AvgIpc) is 2.08. The Bertz CT molecular complexity index is 342. The molecule has 1 rings (SSSR count). The normalized spacial score (nSPS) is 10.6. The minimum Gasteiger partial charge on any atom is -0.294 e. The summed E-state index contributed by atoms with van der Waals surface area (Å²) in [7, 11) is 0. The van der Waals surface area contributed by atoms with Gasteiger partial charge in [0, 0.05) is 17.0 Å². The van der Waals surface area contributed by atoms with Crippen LogP contribution in [0.4, 0.5) is 0 Å². The minimum absolute atomic E-state index is 0.181. The molecule has 0 aliphatic carbocycles. The van der Waals surface area contributed by atoms with Gasteiger partial charge >= 0.3 is 0 Å². The highest BCUT2D eigenvalue weighted by atomic mass is 35.5. The molecule has 14 heavy (non-hydrogen) atoms. The Balaban J connectivity index is 2.96. The van der Waals surface area contributed by atoms with E-state index in [1.807, 2.05) is 39.0 Å². The van der Waals surface area contributed by atoms with Gasteiger partial charge in [-0.2, -0.15) is 0 Å². The van der Waals surface area contributed by atoms with Crippen molar-refractivity contribution in [3.63, 3.8) is 0 Å². The summed E-state index contributed by atoms with van der Waals surface area (Å²) < 4.78 is 0. The molecule has 0 aromatic heterocycles. The van der Waals surface area contributed by atoms with Crippen LogP contribution in [-0.2, 0) is 0 Å². The van der Waals surface area contributed by atoms with Crippen molar-refractivity contribution in [3.8, 4) is 0 Å². The van der Waals surface area contributed by atoms with Crippen LogP contribution in [-0.4, -0.2) is 5.78 Å². The van der Waals surface area contributed by atoms with Crippen molar-refractivity contribution in [1.29, 1.82) is 0 Å². The van der Waals surface area contributed by atoms with Crippen LogP contribution in [0, 0.1) is 12.8 Å². The molecule has 0 fully saturated rings. The SMILES string of the molecule is Cc1c(Cl)cccc1C(=O)CC(C)C. The monoisotopic (exact) mass is 210 g/mol. The maximum atomic E-state index is 11.8. The summed E-state index contributed by atoms with van der Waals surface area (Å²) in [6.45, 7) is 5.96. The number of carbonyl (C=O) groups is 1. The molecular formula is C12H15ClO. The van der Waals surface area contributed by atoms with Gasteiger partial charge in [-0.3, -0.25) is 4.79 Å². The van der Waals surface area contributed by atoms with Gasteiger partial charge in [-0.1, -0.05) is 37.6 Å². The molecule has 0 unspecified atom stereocenters. The lowest BCUT2D eigenvalue weighted by atomic mass is 9.98. The van der Waals surface area contributed by atoms with Gasteiger partial charge in [0.1, 0.15) is 0 Å². The fourth-order valence-corrected chi connectivity index (χ4v) is 1.56. The van der Waals surface area contributed by atoms with Crippen LogP contribution in [0.3, 0.4) is 0 Å². The molecule has 0 spiro atoms. The van der Waals surface area contributed by atoms with Crippen molar-refractivity contribution in [2.75, 3.05) is 0 Å². The van der Waals surface area contributed by atoms with Crippen molar-refractivity contribution >= 4 is 17.4 Å². The molecular weight excluding hydrogens is 196 g/mol. The lowest BCUT2D eigenvalue weighted by Crippen LogP contribution is -2.05. The lowest BCUT2D eigenvalue weighted by molar-refractivity contribution is 0.0967. The largest absolute Gasteiger partial charge is 0.294 e. The van der Waals surface area contributed by atoms with E-state index in [0.29, 0.717) is 17.4 Å². The Morgan fingerprint density at radius 2 is 2.07 bits per heavy atom. The van der Waals surface area contributed by atoms with Gasteiger partial charge in [-0.15, -0.1) is 0 Å². The standard InChI is InChI=1S/C12H15ClO/c1-8(2)7-12(14)10-5-4-6-11(13)9(10)3/h4-6,8H,7H2,1-3H3. The Morgan fingerprint density at radius 1 is 1.43 bits per heavy atom. The van der Waals surface area contributed by atoms with Crippen LogP contribution in [0.25, 0.3) is 0 Å². The molecule has 0 aliphatic heterocycles. The lowest BCUT2D eigenvalue weighted by Gasteiger charge is -2.07. The molecule has 1 nitrogen and oxygen atoms in total. The smallest absolute Gasteiger partial charge is 0.163 e. The molecule has 0 saturated carbocycles. The molecule has 0 saturated heterocycles. The van der Waals surface area contributed by atoms with E-state index in [-0.39, 0.29) is 5.78 Å². The summed E-state index contributed by atoms with van der Waals surface area (Å²) in [4.78, 5) is 11.8. The molecule has 0 aliphatic rings. The predicted octanol–water partition coefficient (Wildman–Crippen LogP) is 3.88. The van der Waals surface area contributed by atoms with Gasteiger partial charge in [-0.05, 0) is 24.5 Å². The molecule has 0 heterocycles. The topological polar surface area (TPSA) is 17.1 Å². The van der Waals surface area contributed by atoms with Crippen LogP contribution in [0.5, 0.6) is 0 Å². The zero-order valence-electron chi connectivity index (χ0n) is 8.80. The third-order valence-electron chi connectivity index (χ3n) is 2.16. The highest BCUT2D eigenvalue weighted by molar-refractivity contribution is 6.31. The molecule has 1 aromatic carbocycles. The minimum atomic E-state index is 0.181. The molecule has 2 heteroatoms. The summed E-state index contributed by atoms with van der Waals surface area (Å²) in [6.07, 6.45) is 0.585. The molecule has 0 atom stereocenters. The quantitative estimate of drug-likeness (QED) is 0.692. The fourth-order valence-electron chi connectivity index (χ4n) is 1.39. The summed E-state index contributed by atoms with van der Waals surface area (Å²) in [5.74, 6) is 0.570. The summed E-state index contributed by atoms with van der Waals surface area (Å²) in [5, 5.41) is 0.666. The van der Waals surface area contributed by atoms with Gasteiger partial charge < -0.3 is 0 Å². The third-order valence-corrected chi connectivity index (χ3v) is 2.57. The first-order valence-electron chi connectivity index (χ1n) is 4.80. The van der Waals surface area contributed by atoms with Crippen molar-refractivity contribution in [1.82, 2.24) is 0 Å². The average molecular weight is 211 g/mol. The number of rotatable bonds is 3. The second kappa shape index (κ2) is 4.61. The second-order valence-corrected chi connectivity index (χ2v) is 4.34. The van der Waals surface area contributed by atoms with Crippen molar-refractivity contribution < 1.29 is 4.79 Å². The summed E-state index contributed by atoms with van der Waals surface area (Å²) in [5.41, 5.74) is 1.64. The van der Waals surface area contributed by atoms with Gasteiger partial charge in [-0.25, -0.2) is 0 Å². The van der Waals surface area contributed by atoms with E-state index < -0.39 is 0 Å². The first-order valence-corrected chi connectivity index (χ1v) is 5.18. The molecule has 76 valence electrons. The van der Waals surface area contributed by atoms with E-state index in [1.54, 1.807) is 0 Å². The van der Waals surface area contributed by atoms with Crippen LogP contribution < -0.4 is 0 Å². The maximum absolute atomic E-state index is 11.8. The van der Waals surface area contributed by atoms with Crippen molar-refractivity contribution in [2.45, 2.75) is 27.2 Å². The zero-order valence-corrected chi connectivity index (χ0v) is 9.56. The summed E-state index contributed by atoms with van der Waals surface area (Å²) in [6, 6.07) is 5.47. The van der Waals surface area contributed by atoms with Gasteiger partial charge in [0.2, 0.25) is 0 Å². The highest BCUT2D eigenvalue weighted by Crippen LogP contribution is 2.20. The van der Waals surface area contributed by atoms with E-state index in [1.165, 1.54) is 0 Å². The molecule has 0 amide bonds.